The van der Waals surface area contributed by atoms with E-state index in [0.717, 1.165) is 30.1 Å². The molecule has 0 amide bonds. The van der Waals surface area contributed by atoms with Crippen LogP contribution >= 0.6 is 11.3 Å². The molecule has 1 rings (SSSR count). The van der Waals surface area contributed by atoms with Gasteiger partial charge in [-0.1, -0.05) is 13.8 Å². The number of esters is 1. The van der Waals surface area contributed by atoms with Crippen LogP contribution in [0.5, 0.6) is 0 Å². The molecular formula is C12H19NO2S. The minimum atomic E-state index is -0.222. The van der Waals surface area contributed by atoms with Gasteiger partial charge in [-0.15, -0.1) is 11.3 Å². The molecule has 0 aromatic carbocycles. The fraction of sp³-hybridized carbons (Fsp3) is 0.583. The highest BCUT2D eigenvalue weighted by atomic mass is 32.1. The first kappa shape index (κ1) is 13.2. The number of methoxy groups -OCH3 is 1. The zero-order valence-electron chi connectivity index (χ0n) is 10.4. The molecule has 0 aliphatic carbocycles. The number of nitrogens with zero attached hydrogens (tertiary/aromatic N) is 1. The van der Waals surface area contributed by atoms with E-state index in [0.29, 0.717) is 0 Å². The van der Waals surface area contributed by atoms with Crippen molar-refractivity contribution in [2.75, 3.05) is 20.2 Å². The number of hydrogen-bond donors (Lipinski definition) is 0. The van der Waals surface area contributed by atoms with E-state index in [2.05, 4.69) is 18.7 Å². The third-order valence-corrected chi connectivity index (χ3v) is 3.87. The van der Waals surface area contributed by atoms with Crippen LogP contribution in [0.2, 0.25) is 0 Å². The third-order valence-electron chi connectivity index (χ3n) is 2.75. The molecule has 1 aromatic rings. The van der Waals surface area contributed by atoms with Crippen molar-refractivity contribution in [2.24, 2.45) is 0 Å². The van der Waals surface area contributed by atoms with Crippen molar-refractivity contribution in [3.8, 4) is 0 Å². The van der Waals surface area contributed by atoms with Gasteiger partial charge in [-0.05, 0) is 36.5 Å². The van der Waals surface area contributed by atoms with Crippen molar-refractivity contribution < 1.29 is 9.53 Å². The number of rotatable bonds is 5. The SMILES string of the molecule is CCN(CC)Cc1c(C)csc1C(=O)OC. The van der Waals surface area contributed by atoms with Gasteiger partial charge in [0, 0.05) is 6.54 Å². The summed E-state index contributed by atoms with van der Waals surface area (Å²) in [6, 6.07) is 0. The topological polar surface area (TPSA) is 29.5 Å². The van der Waals surface area contributed by atoms with Crippen LogP contribution in [0.25, 0.3) is 0 Å². The summed E-state index contributed by atoms with van der Waals surface area (Å²) in [5, 5.41) is 2.02. The maximum Gasteiger partial charge on any atom is 0.348 e. The fourth-order valence-electron chi connectivity index (χ4n) is 1.60. The van der Waals surface area contributed by atoms with E-state index in [9.17, 15) is 4.79 Å². The summed E-state index contributed by atoms with van der Waals surface area (Å²) < 4.78 is 4.79. The van der Waals surface area contributed by atoms with E-state index in [1.54, 1.807) is 0 Å². The Morgan fingerprint density at radius 1 is 1.44 bits per heavy atom. The molecule has 0 radical (unpaired) electrons. The molecule has 0 aliphatic heterocycles. The van der Waals surface area contributed by atoms with Gasteiger partial charge in [0.1, 0.15) is 4.88 Å². The van der Waals surface area contributed by atoms with Gasteiger partial charge in [-0.3, -0.25) is 4.90 Å². The molecule has 90 valence electrons. The summed E-state index contributed by atoms with van der Waals surface area (Å²) in [7, 11) is 1.43. The van der Waals surface area contributed by atoms with Gasteiger partial charge in [0.15, 0.2) is 0 Å². The summed E-state index contributed by atoms with van der Waals surface area (Å²) in [5.74, 6) is -0.222. The monoisotopic (exact) mass is 241 g/mol. The zero-order valence-corrected chi connectivity index (χ0v) is 11.2. The van der Waals surface area contributed by atoms with Crippen LogP contribution in [0, 0.1) is 6.92 Å². The Bertz CT molecular complexity index is 356. The van der Waals surface area contributed by atoms with Crippen LogP contribution in [0.1, 0.15) is 34.6 Å². The lowest BCUT2D eigenvalue weighted by atomic mass is 10.1. The molecule has 3 nitrogen and oxygen atoms in total. The molecule has 16 heavy (non-hydrogen) atoms. The van der Waals surface area contributed by atoms with E-state index in [1.807, 2.05) is 12.3 Å². The summed E-state index contributed by atoms with van der Waals surface area (Å²) in [5.41, 5.74) is 2.29. The van der Waals surface area contributed by atoms with Crippen molar-refractivity contribution in [1.82, 2.24) is 4.90 Å². The van der Waals surface area contributed by atoms with E-state index in [1.165, 1.54) is 24.0 Å². The molecule has 0 N–H and O–H groups in total. The molecule has 0 fully saturated rings. The molecule has 0 bridgehead atoms. The summed E-state index contributed by atoms with van der Waals surface area (Å²) >= 11 is 1.47. The molecule has 1 aromatic heterocycles. The zero-order chi connectivity index (χ0) is 12.1. The average Bonchev–Trinajstić information content (AvgIpc) is 2.66. The van der Waals surface area contributed by atoms with Crippen LogP contribution < -0.4 is 0 Å². The molecule has 0 saturated carbocycles. The Kier molecular flexibility index (Phi) is 4.96. The van der Waals surface area contributed by atoms with Crippen LogP contribution in [0.15, 0.2) is 5.38 Å². The predicted molar refractivity (Wildman–Crippen MR) is 67.0 cm³/mol. The number of carbonyl (C=O) groups is 1. The smallest absolute Gasteiger partial charge is 0.348 e. The maximum atomic E-state index is 11.6. The number of thiophene rings is 1. The second-order valence-electron chi connectivity index (χ2n) is 3.68. The Morgan fingerprint density at radius 2 is 2.06 bits per heavy atom. The highest BCUT2D eigenvalue weighted by molar-refractivity contribution is 7.12. The van der Waals surface area contributed by atoms with Crippen LogP contribution in [-0.4, -0.2) is 31.1 Å². The third kappa shape index (κ3) is 2.83. The first-order valence-electron chi connectivity index (χ1n) is 5.51. The van der Waals surface area contributed by atoms with E-state index in [4.69, 9.17) is 4.74 Å². The van der Waals surface area contributed by atoms with Gasteiger partial charge in [0.05, 0.1) is 7.11 Å². The summed E-state index contributed by atoms with van der Waals surface area (Å²) in [6.45, 7) is 9.11. The predicted octanol–water partition coefficient (Wildman–Crippen LogP) is 2.68. The number of aryl methyl sites for hydroxylation is 1. The van der Waals surface area contributed by atoms with Gasteiger partial charge in [0.2, 0.25) is 0 Å². The Balaban J connectivity index is 2.93. The number of hydrogen-bond acceptors (Lipinski definition) is 4. The van der Waals surface area contributed by atoms with Gasteiger partial charge in [-0.2, -0.15) is 0 Å². The number of carbonyl (C=O) groups excluding carboxylic acids is 1. The van der Waals surface area contributed by atoms with Crippen LogP contribution in [0.3, 0.4) is 0 Å². The van der Waals surface area contributed by atoms with Gasteiger partial charge in [0.25, 0.3) is 0 Å². The van der Waals surface area contributed by atoms with Gasteiger partial charge in [-0.25, -0.2) is 4.79 Å². The molecule has 0 spiro atoms. The first-order valence-corrected chi connectivity index (χ1v) is 6.39. The molecule has 0 atom stereocenters. The molecule has 4 heteroatoms. The molecule has 0 unspecified atom stereocenters. The van der Waals surface area contributed by atoms with Crippen molar-refractivity contribution >= 4 is 17.3 Å². The van der Waals surface area contributed by atoms with Crippen LogP contribution in [-0.2, 0) is 11.3 Å². The van der Waals surface area contributed by atoms with Crippen LogP contribution in [0.4, 0.5) is 0 Å². The highest BCUT2D eigenvalue weighted by Crippen LogP contribution is 2.24. The van der Waals surface area contributed by atoms with Crippen molar-refractivity contribution in [2.45, 2.75) is 27.3 Å². The molecule has 1 heterocycles. The van der Waals surface area contributed by atoms with E-state index in [-0.39, 0.29) is 5.97 Å². The quantitative estimate of drug-likeness (QED) is 0.742. The standard InChI is InChI=1S/C12H19NO2S/c1-5-13(6-2)7-10-9(3)8-16-11(10)12(14)15-4/h8H,5-7H2,1-4H3. The van der Waals surface area contributed by atoms with Gasteiger partial charge >= 0.3 is 5.97 Å². The van der Waals surface area contributed by atoms with Crippen molar-refractivity contribution in [3.05, 3.63) is 21.4 Å². The lowest BCUT2D eigenvalue weighted by molar-refractivity contribution is 0.0604. The molecule has 0 aliphatic rings. The lowest BCUT2D eigenvalue weighted by Crippen LogP contribution is -2.23. The minimum absolute atomic E-state index is 0.222. The summed E-state index contributed by atoms with van der Waals surface area (Å²) in [6.07, 6.45) is 0. The molecule has 0 saturated heterocycles. The van der Waals surface area contributed by atoms with Crippen molar-refractivity contribution in [1.29, 1.82) is 0 Å². The maximum absolute atomic E-state index is 11.6. The largest absolute Gasteiger partial charge is 0.465 e. The summed E-state index contributed by atoms with van der Waals surface area (Å²) in [4.78, 5) is 14.6. The minimum Gasteiger partial charge on any atom is -0.465 e. The Hall–Kier alpha value is -0.870. The Morgan fingerprint density at radius 3 is 2.56 bits per heavy atom. The molecular weight excluding hydrogens is 222 g/mol. The fourth-order valence-corrected chi connectivity index (χ4v) is 2.58. The normalized spacial score (nSPS) is 10.8. The lowest BCUT2D eigenvalue weighted by Gasteiger charge is -2.18. The second-order valence-corrected chi connectivity index (χ2v) is 4.56. The van der Waals surface area contributed by atoms with Gasteiger partial charge < -0.3 is 4.74 Å². The average molecular weight is 241 g/mol. The second kappa shape index (κ2) is 6.01. The van der Waals surface area contributed by atoms with E-state index >= 15 is 0 Å². The van der Waals surface area contributed by atoms with E-state index < -0.39 is 0 Å². The highest BCUT2D eigenvalue weighted by Gasteiger charge is 2.17. The van der Waals surface area contributed by atoms with Crippen molar-refractivity contribution in [3.63, 3.8) is 0 Å². The first-order chi connectivity index (χ1) is 7.63. The number of ether oxygens (including phenoxy) is 1. The Labute approximate surface area is 101 Å².